The summed E-state index contributed by atoms with van der Waals surface area (Å²) in [5.41, 5.74) is -1.42. The lowest BCUT2D eigenvalue weighted by Crippen LogP contribution is -2.60. The molecule has 1 aliphatic rings. The summed E-state index contributed by atoms with van der Waals surface area (Å²) in [4.78, 5) is 37.2. The number of phenolic OH excluding ortho intramolecular Hbond substituents is 4. The Balaban J connectivity index is 1.77. The average molecular weight is 529 g/mol. The number of likely N-dealkylation sites (N-methyl/N-ethyl adjacent to an activating group) is 1. The number of ether oxygens (including phenoxy) is 2. The molecule has 202 valence electrons. The van der Waals surface area contributed by atoms with Crippen molar-refractivity contribution in [3.63, 3.8) is 0 Å². The fourth-order valence-corrected chi connectivity index (χ4v) is 3.90. The molecule has 2 aromatic rings. The standard InChI is InChI=1S/C26H27NO11/c1-27-25(35)26(36)12-20(32)24(38-23(34)9-5-15-3-7-17(29)19(31)11-15)21(13-26)37-22(33)8-4-14-2-6-16(28)18(30)10-14/h2-11,20-21,24,28-32,36H,12-13H2,1H3,(H,27,35)/t20-,21-,24?,26-/m1/s1. The van der Waals surface area contributed by atoms with Crippen LogP contribution in [0.25, 0.3) is 12.2 Å². The summed E-state index contributed by atoms with van der Waals surface area (Å²) in [6, 6.07) is 7.65. The van der Waals surface area contributed by atoms with E-state index in [9.17, 15) is 45.0 Å². The van der Waals surface area contributed by atoms with Crippen LogP contribution in [0.5, 0.6) is 23.0 Å². The summed E-state index contributed by atoms with van der Waals surface area (Å²) in [7, 11) is 1.28. The van der Waals surface area contributed by atoms with Crippen molar-refractivity contribution < 1.29 is 54.5 Å². The summed E-state index contributed by atoms with van der Waals surface area (Å²) in [6.07, 6.45) is -0.959. The second-order valence-electron chi connectivity index (χ2n) is 8.63. The molecule has 0 spiro atoms. The van der Waals surface area contributed by atoms with Crippen LogP contribution in [0.15, 0.2) is 48.6 Å². The minimum Gasteiger partial charge on any atom is -0.504 e. The first-order valence-corrected chi connectivity index (χ1v) is 11.4. The molecule has 0 bridgehead atoms. The lowest BCUT2D eigenvalue weighted by molar-refractivity contribution is -0.198. The molecule has 1 saturated carbocycles. The Labute approximate surface area is 216 Å². The van der Waals surface area contributed by atoms with Crippen molar-refractivity contribution >= 4 is 30.0 Å². The average Bonchev–Trinajstić information content (AvgIpc) is 2.87. The molecular formula is C26H27NO11. The second-order valence-corrected chi connectivity index (χ2v) is 8.63. The minimum atomic E-state index is -2.12. The van der Waals surface area contributed by atoms with Gasteiger partial charge in [-0.1, -0.05) is 12.1 Å². The third kappa shape index (κ3) is 6.81. The largest absolute Gasteiger partial charge is 0.504 e. The van der Waals surface area contributed by atoms with Crippen molar-refractivity contribution in [2.45, 2.75) is 36.8 Å². The van der Waals surface area contributed by atoms with Crippen LogP contribution in [0, 0.1) is 0 Å². The Hall–Kier alpha value is -4.55. The van der Waals surface area contributed by atoms with Gasteiger partial charge in [-0.25, -0.2) is 9.59 Å². The number of carbonyl (C=O) groups is 3. The molecule has 0 saturated heterocycles. The molecule has 1 unspecified atom stereocenters. The maximum absolute atomic E-state index is 12.5. The van der Waals surface area contributed by atoms with Gasteiger partial charge in [-0.05, 0) is 47.5 Å². The van der Waals surface area contributed by atoms with Crippen LogP contribution in [0.1, 0.15) is 24.0 Å². The van der Waals surface area contributed by atoms with E-state index in [0.29, 0.717) is 11.1 Å². The lowest BCUT2D eigenvalue weighted by atomic mass is 9.78. The predicted molar refractivity (Wildman–Crippen MR) is 132 cm³/mol. The van der Waals surface area contributed by atoms with E-state index < -0.39 is 66.1 Å². The van der Waals surface area contributed by atoms with E-state index in [1.807, 2.05) is 0 Å². The van der Waals surface area contributed by atoms with E-state index in [1.165, 1.54) is 55.6 Å². The second kappa shape index (κ2) is 11.7. The van der Waals surface area contributed by atoms with Crippen LogP contribution in [-0.4, -0.2) is 79.4 Å². The number of hydrogen-bond acceptors (Lipinski definition) is 11. The molecule has 0 aliphatic heterocycles. The number of aliphatic hydroxyl groups excluding tert-OH is 1. The highest BCUT2D eigenvalue weighted by molar-refractivity contribution is 5.89. The molecule has 0 heterocycles. The molecule has 1 aliphatic carbocycles. The zero-order valence-corrected chi connectivity index (χ0v) is 20.1. The normalized spacial score (nSPS) is 23.3. The third-order valence-corrected chi connectivity index (χ3v) is 5.82. The highest BCUT2D eigenvalue weighted by Crippen LogP contribution is 2.33. The van der Waals surface area contributed by atoms with Gasteiger partial charge in [0.25, 0.3) is 5.91 Å². The summed E-state index contributed by atoms with van der Waals surface area (Å²) in [5.74, 6) is -4.26. The van der Waals surface area contributed by atoms with Crippen LogP contribution in [0.2, 0.25) is 0 Å². The molecule has 3 rings (SSSR count). The SMILES string of the molecule is CNC(=O)[C@@]1(O)C[C@@H](O)C(OC(=O)C=Cc2ccc(O)c(O)c2)[C@H](OC(=O)C=Cc2ccc(O)c(O)c2)C1. The number of amides is 1. The van der Waals surface area contributed by atoms with Gasteiger partial charge in [0.2, 0.25) is 0 Å². The fraction of sp³-hybridized carbons (Fsp3) is 0.269. The van der Waals surface area contributed by atoms with Crippen molar-refractivity contribution in [1.29, 1.82) is 0 Å². The summed E-state index contributed by atoms with van der Waals surface area (Å²) >= 11 is 0. The van der Waals surface area contributed by atoms with Crippen molar-refractivity contribution in [2.24, 2.45) is 0 Å². The van der Waals surface area contributed by atoms with Crippen molar-refractivity contribution in [1.82, 2.24) is 5.32 Å². The van der Waals surface area contributed by atoms with Crippen LogP contribution in [-0.2, 0) is 23.9 Å². The van der Waals surface area contributed by atoms with Crippen LogP contribution in [0.4, 0.5) is 0 Å². The van der Waals surface area contributed by atoms with E-state index in [0.717, 1.165) is 12.2 Å². The monoisotopic (exact) mass is 529 g/mol. The lowest BCUT2D eigenvalue weighted by Gasteiger charge is -2.41. The molecule has 4 atom stereocenters. The number of carbonyl (C=O) groups excluding carboxylic acids is 3. The molecule has 7 N–H and O–H groups in total. The van der Waals surface area contributed by atoms with E-state index in [1.54, 1.807) is 0 Å². The first-order valence-electron chi connectivity index (χ1n) is 11.4. The van der Waals surface area contributed by atoms with Crippen LogP contribution >= 0.6 is 0 Å². The summed E-state index contributed by atoms with van der Waals surface area (Å²) in [6.45, 7) is 0. The van der Waals surface area contributed by atoms with Gasteiger partial charge >= 0.3 is 11.9 Å². The Morgan fingerprint density at radius 2 is 1.34 bits per heavy atom. The molecule has 12 heteroatoms. The van der Waals surface area contributed by atoms with Crippen molar-refractivity contribution in [3.05, 3.63) is 59.7 Å². The predicted octanol–water partition coefficient (Wildman–Crippen LogP) is 0.691. The number of aliphatic hydroxyl groups is 2. The van der Waals surface area contributed by atoms with Gasteiger partial charge in [0.15, 0.2) is 29.1 Å². The molecule has 0 aromatic heterocycles. The van der Waals surface area contributed by atoms with Gasteiger partial charge in [0, 0.05) is 32.0 Å². The van der Waals surface area contributed by atoms with E-state index in [-0.39, 0.29) is 11.5 Å². The zero-order chi connectivity index (χ0) is 28.0. The Kier molecular flexibility index (Phi) is 8.61. The van der Waals surface area contributed by atoms with Gasteiger partial charge < -0.3 is 45.4 Å². The van der Waals surface area contributed by atoms with Crippen LogP contribution < -0.4 is 5.32 Å². The molecule has 38 heavy (non-hydrogen) atoms. The van der Waals surface area contributed by atoms with Gasteiger partial charge in [-0.15, -0.1) is 0 Å². The smallest absolute Gasteiger partial charge is 0.331 e. The van der Waals surface area contributed by atoms with Gasteiger partial charge in [-0.2, -0.15) is 0 Å². The molecule has 2 aromatic carbocycles. The van der Waals surface area contributed by atoms with Gasteiger partial charge in [0.1, 0.15) is 11.7 Å². The topological polar surface area (TPSA) is 203 Å². The maximum Gasteiger partial charge on any atom is 0.331 e. The Bertz CT molecular complexity index is 1270. The highest BCUT2D eigenvalue weighted by Gasteiger charge is 2.51. The Morgan fingerprint density at radius 1 is 0.842 bits per heavy atom. The van der Waals surface area contributed by atoms with E-state index in [4.69, 9.17) is 9.47 Å². The molecular weight excluding hydrogens is 502 g/mol. The number of rotatable bonds is 7. The minimum absolute atomic E-state index is 0.344. The van der Waals surface area contributed by atoms with Gasteiger partial charge in [-0.3, -0.25) is 4.79 Å². The van der Waals surface area contributed by atoms with Gasteiger partial charge in [0.05, 0.1) is 6.10 Å². The number of nitrogens with one attached hydrogen (secondary N) is 1. The molecule has 0 radical (unpaired) electrons. The van der Waals surface area contributed by atoms with E-state index >= 15 is 0 Å². The molecule has 12 nitrogen and oxygen atoms in total. The number of esters is 2. The van der Waals surface area contributed by atoms with Crippen LogP contribution in [0.3, 0.4) is 0 Å². The summed E-state index contributed by atoms with van der Waals surface area (Å²) < 4.78 is 10.6. The zero-order valence-electron chi connectivity index (χ0n) is 20.1. The van der Waals surface area contributed by atoms with E-state index in [2.05, 4.69) is 5.32 Å². The maximum atomic E-state index is 12.5. The molecule has 1 fully saturated rings. The quantitative estimate of drug-likeness (QED) is 0.151. The van der Waals surface area contributed by atoms with Crippen molar-refractivity contribution in [3.8, 4) is 23.0 Å². The number of hydrogen-bond donors (Lipinski definition) is 7. The number of phenols is 4. The first kappa shape index (κ1) is 28.0. The number of aromatic hydroxyl groups is 4. The fourth-order valence-electron chi connectivity index (χ4n) is 3.90. The highest BCUT2D eigenvalue weighted by atomic mass is 16.6. The molecule has 1 amide bonds. The third-order valence-electron chi connectivity index (χ3n) is 5.82. The Morgan fingerprint density at radius 3 is 1.82 bits per heavy atom. The van der Waals surface area contributed by atoms with Crippen molar-refractivity contribution in [2.75, 3.05) is 7.05 Å². The first-order chi connectivity index (χ1) is 17.9. The number of benzene rings is 2. The summed E-state index contributed by atoms with van der Waals surface area (Å²) in [5, 5.41) is 61.6.